The number of aromatic amines is 1. The Morgan fingerprint density at radius 2 is 2.04 bits per heavy atom. The van der Waals surface area contributed by atoms with Gasteiger partial charge in [-0.15, -0.1) is 0 Å². The highest BCUT2D eigenvalue weighted by Crippen LogP contribution is 2.33. The van der Waals surface area contributed by atoms with Crippen LogP contribution in [0.25, 0.3) is 11.2 Å². The summed E-state index contributed by atoms with van der Waals surface area (Å²) in [6.45, 7) is 4.63. The maximum atomic E-state index is 12.5. The van der Waals surface area contributed by atoms with Crippen molar-refractivity contribution in [3.63, 3.8) is 0 Å². The van der Waals surface area contributed by atoms with E-state index in [2.05, 4.69) is 21.9 Å². The molecule has 0 unspecified atom stereocenters. The number of nitrogens with zero attached hydrogens (tertiary/aromatic N) is 4. The Labute approximate surface area is 151 Å². The molecule has 0 radical (unpaired) electrons. The molecule has 0 atom stereocenters. The summed E-state index contributed by atoms with van der Waals surface area (Å²) in [6, 6.07) is 5.76. The van der Waals surface area contributed by atoms with Gasteiger partial charge in [0.25, 0.3) is 0 Å². The third-order valence-electron chi connectivity index (χ3n) is 4.85. The van der Waals surface area contributed by atoms with Gasteiger partial charge in [-0.1, -0.05) is 25.8 Å². The summed E-state index contributed by atoms with van der Waals surface area (Å²) >= 11 is 0. The van der Waals surface area contributed by atoms with Crippen LogP contribution in [-0.2, 0) is 6.54 Å². The number of H-pyrrole nitrogens is 1. The Kier molecular flexibility index (Phi) is 4.44. The lowest BCUT2D eigenvalue weighted by Gasteiger charge is -2.12. The van der Waals surface area contributed by atoms with Crippen LogP contribution in [0, 0.1) is 6.92 Å². The Morgan fingerprint density at radius 3 is 2.77 bits per heavy atom. The molecule has 0 spiro atoms. The summed E-state index contributed by atoms with van der Waals surface area (Å²) in [7, 11) is 0. The minimum atomic E-state index is -0.341. The van der Waals surface area contributed by atoms with Crippen LogP contribution in [0.15, 0.2) is 23.0 Å². The van der Waals surface area contributed by atoms with E-state index in [9.17, 15) is 4.79 Å². The number of hydrogen-bond acceptors (Lipinski definition) is 5. The quantitative estimate of drug-likeness (QED) is 0.756. The van der Waals surface area contributed by atoms with Crippen molar-refractivity contribution in [1.29, 1.82) is 0 Å². The maximum Gasteiger partial charge on any atom is 0.308 e. The van der Waals surface area contributed by atoms with E-state index in [0.29, 0.717) is 29.5 Å². The van der Waals surface area contributed by atoms with Gasteiger partial charge in [0.15, 0.2) is 11.2 Å². The third-order valence-corrected chi connectivity index (χ3v) is 4.85. The molecule has 1 saturated carbocycles. The SMILES string of the molecule is CCCn1c(Oc2cccc(C)n2)nc(=O)c2[nH]c(C3CCCC3)nc21. The Morgan fingerprint density at radius 1 is 1.23 bits per heavy atom. The normalized spacial score (nSPS) is 15.0. The highest BCUT2D eigenvalue weighted by Gasteiger charge is 2.23. The van der Waals surface area contributed by atoms with Crippen LogP contribution in [0.4, 0.5) is 0 Å². The molecule has 26 heavy (non-hydrogen) atoms. The van der Waals surface area contributed by atoms with Crippen LogP contribution in [-0.4, -0.2) is 24.5 Å². The zero-order valence-corrected chi connectivity index (χ0v) is 15.2. The summed E-state index contributed by atoms with van der Waals surface area (Å²) < 4.78 is 7.72. The molecular weight excluding hydrogens is 330 g/mol. The average molecular weight is 353 g/mol. The van der Waals surface area contributed by atoms with Crippen molar-refractivity contribution in [3.05, 3.63) is 40.1 Å². The van der Waals surface area contributed by atoms with E-state index in [4.69, 9.17) is 9.72 Å². The Hall–Kier alpha value is -2.70. The van der Waals surface area contributed by atoms with Crippen molar-refractivity contribution in [1.82, 2.24) is 24.5 Å². The summed E-state index contributed by atoms with van der Waals surface area (Å²) in [5.74, 6) is 1.72. The predicted octanol–water partition coefficient (Wildman–Crippen LogP) is 3.68. The maximum absolute atomic E-state index is 12.5. The summed E-state index contributed by atoms with van der Waals surface area (Å²) in [5, 5.41) is 0. The van der Waals surface area contributed by atoms with E-state index in [0.717, 1.165) is 30.8 Å². The number of hydrogen-bond donors (Lipinski definition) is 1. The highest BCUT2D eigenvalue weighted by molar-refractivity contribution is 5.70. The fourth-order valence-corrected chi connectivity index (χ4v) is 3.58. The average Bonchev–Trinajstić information content (AvgIpc) is 3.28. The fourth-order valence-electron chi connectivity index (χ4n) is 3.58. The first-order valence-corrected chi connectivity index (χ1v) is 9.27. The van der Waals surface area contributed by atoms with Gasteiger partial charge in [-0.05, 0) is 32.3 Å². The van der Waals surface area contributed by atoms with Gasteiger partial charge in [0.2, 0.25) is 5.88 Å². The predicted molar refractivity (Wildman–Crippen MR) is 98.7 cm³/mol. The van der Waals surface area contributed by atoms with Crippen LogP contribution in [0.5, 0.6) is 11.9 Å². The molecule has 7 heteroatoms. The minimum absolute atomic E-state index is 0.243. The lowest BCUT2D eigenvalue weighted by molar-refractivity contribution is 0.390. The number of aryl methyl sites for hydroxylation is 2. The van der Waals surface area contributed by atoms with Crippen molar-refractivity contribution >= 4 is 11.2 Å². The number of pyridine rings is 1. The van der Waals surface area contributed by atoms with E-state index in [-0.39, 0.29) is 11.6 Å². The molecule has 0 aromatic carbocycles. The molecular formula is C19H23N5O2. The number of imidazole rings is 1. The zero-order valence-electron chi connectivity index (χ0n) is 15.2. The monoisotopic (exact) mass is 353 g/mol. The summed E-state index contributed by atoms with van der Waals surface area (Å²) in [6.07, 6.45) is 5.54. The van der Waals surface area contributed by atoms with Crippen LogP contribution in [0.2, 0.25) is 0 Å². The smallest absolute Gasteiger partial charge is 0.308 e. The van der Waals surface area contributed by atoms with Gasteiger partial charge in [0, 0.05) is 24.2 Å². The van der Waals surface area contributed by atoms with Gasteiger partial charge in [-0.25, -0.2) is 9.97 Å². The lowest BCUT2D eigenvalue weighted by atomic mass is 10.1. The third kappa shape index (κ3) is 3.09. The van der Waals surface area contributed by atoms with Gasteiger partial charge in [-0.2, -0.15) is 4.98 Å². The fraction of sp³-hybridized carbons (Fsp3) is 0.474. The van der Waals surface area contributed by atoms with Crippen LogP contribution < -0.4 is 10.3 Å². The summed E-state index contributed by atoms with van der Waals surface area (Å²) in [5.41, 5.74) is 1.59. The molecule has 3 aromatic rings. The largest absolute Gasteiger partial charge is 0.406 e. The number of aromatic nitrogens is 5. The van der Waals surface area contributed by atoms with Gasteiger partial charge in [-0.3, -0.25) is 9.36 Å². The molecule has 1 aliphatic rings. The molecule has 0 amide bonds. The van der Waals surface area contributed by atoms with Gasteiger partial charge in [0.05, 0.1) is 0 Å². The lowest BCUT2D eigenvalue weighted by Crippen LogP contribution is -2.16. The van der Waals surface area contributed by atoms with E-state index >= 15 is 0 Å². The molecule has 0 aliphatic heterocycles. The van der Waals surface area contributed by atoms with Crippen molar-refractivity contribution in [2.24, 2.45) is 0 Å². The van der Waals surface area contributed by atoms with E-state index in [1.165, 1.54) is 12.8 Å². The zero-order chi connectivity index (χ0) is 18.1. The van der Waals surface area contributed by atoms with Gasteiger partial charge < -0.3 is 9.72 Å². The second-order valence-electron chi connectivity index (χ2n) is 6.87. The van der Waals surface area contributed by atoms with Crippen molar-refractivity contribution in [3.8, 4) is 11.9 Å². The van der Waals surface area contributed by atoms with Gasteiger partial charge >= 0.3 is 11.6 Å². The molecule has 3 heterocycles. The van der Waals surface area contributed by atoms with Crippen molar-refractivity contribution < 1.29 is 4.74 Å². The van der Waals surface area contributed by atoms with Crippen LogP contribution >= 0.6 is 0 Å². The van der Waals surface area contributed by atoms with Crippen molar-refractivity contribution in [2.45, 2.75) is 58.4 Å². The van der Waals surface area contributed by atoms with Crippen LogP contribution in [0.1, 0.15) is 56.5 Å². The van der Waals surface area contributed by atoms with E-state index < -0.39 is 0 Å². The van der Waals surface area contributed by atoms with Gasteiger partial charge in [0.1, 0.15) is 5.82 Å². The Bertz CT molecular complexity index is 985. The molecule has 7 nitrogen and oxygen atoms in total. The van der Waals surface area contributed by atoms with E-state index in [1.54, 1.807) is 6.07 Å². The first-order valence-electron chi connectivity index (χ1n) is 9.27. The molecule has 0 saturated heterocycles. The number of fused-ring (bicyclic) bond motifs is 1. The molecule has 0 bridgehead atoms. The molecule has 1 N–H and O–H groups in total. The first-order chi connectivity index (χ1) is 12.7. The molecule has 3 aromatic heterocycles. The second kappa shape index (κ2) is 6.90. The highest BCUT2D eigenvalue weighted by atomic mass is 16.5. The van der Waals surface area contributed by atoms with Crippen LogP contribution in [0.3, 0.4) is 0 Å². The van der Waals surface area contributed by atoms with E-state index in [1.807, 2.05) is 23.6 Å². The molecule has 1 fully saturated rings. The molecule has 4 rings (SSSR count). The number of ether oxygens (including phenoxy) is 1. The molecule has 1 aliphatic carbocycles. The standard InChI is InChI=1S/C19H23N5O2/c1-3-11-24-17-15(21-16(22-17)13-8-4-5-9-13)18(25)23-19(24)26-14-10-6-7-12(2)20-14/h6-7,10,13H,3-5,8-9,11H2,1-2H3,(H,21,22). The van der Waals surface area contributed by atoms with Crippen molar-refractivity contribution in [2.75, 3.05) is 0 Å². The second-order valence-corrected chi connectivity index (χ2v) is 6.87. The first kappa shape index (κ1) is 16.8. The molecule has 136 valence electrons. The number of rotatable bonds is 5. The summed E-state index contributed by atoms with van der Waals surface area (Å²) in [4.78, 5) is 29.0. The Balaban J connectivity index is 1.81. The number of nitrogens with one attached hydrogen (secondary N) is 1. The topological polar surface area (TPSA) is 85.7 Å². The minimum Gasteiger partial charge on any atom is -0.406 e.